The minimum atomic E-state index is -2.88. The zero-order chi connectivity index (χ0) is 27.8. The summed E-state index contributed by atoms with van der Waals surface area (Å²) < 4.78 is 0. The number of ketones is 2. The minimum Gasteiger partial charge on any atom is -0.508 e. The van der Waals surface area contributed by atoms with Crippen LogP contribution in [0.3, 0.4) is 0 Å². The molecular formula is C28H30N2O8. The predicted octanol–water partition coefficient (Wildman–Crippen LogP) is 0.484. The smallest absolute Gasteiger partial charge is 0.230 e. The zero-order valence-electron chi connectivity index (χ0n) is 21.1. The van der Waals surface area contributed by atoms with Crippen LogP contribution < -0.4 is 5.73 Å². The number of nitrogens with two attached hydrogens (primary N) is 1. The van der Waals surface area contributed by atoms with Gasteiger partial charge in [-0.2, -0.15) is 0 Å². The van der Waals surface area contributed by atoms with Gasteiger partial charge in [-0.1, -0.05) is 49.4 Å². The number of primary amides is 1. The number of Topliss-reactive ketones (excluding diaryl/α,β-unsaturated/α-hetero) is 2. The molecular weight excluding hydrogens is 492 g/mol. The predicted molar refractivity (Wildman–Crippen MR) is 135 cm³/mol. The van der Waals surface area contributed by atoms with Crippen LogP contribution in [0.25, 0.3) is 11.1 Å². The number of hydrogen-bond donors (Lipinski definition) is 6. The van der Waals surface area contributed by atoms with Gasteiger partial charge in [-0.25, -0.2) is 0 Å². The third kappa shape index (κ3) is 3.24. The Hall–Kier alpha value is -3.57. The summed E-state index contributed by atoms with van der Waals surface area (Å²) in [5, 5.41) is 57.1. The Morgan fingerprint density at radius 2 is 1.63 bits per heavy atom. The van der Waals surface area contributed by atoms with E-state index >= 15 is 0 Å². The molecule has 2 unspecified atom stereocenters. The number of hydrogen-bond acceptors (Lipinski definition) is 9. The van der Waals surface area contributed by atoms with Crippen molar-refractivity contribution in [2.45, 2.75) is 36.7 Å². The van der Waals surface area contributed by atoms with E-state index in [1.54, 1.807) is 49.4 Å². The Kier molecular flexibility index (Phi) is 5.99. The van der Waals surface area contributed by atoms with E-state index in [2.05, 4.69) is 0 Å². The number of phenols is 1. The molecule has 0 spiro atoms. The number of aromatic hydroxyl groups is 1. The van der Waals surface area contributed by atoms with E-state index in [9.17, 15) is 39.9 Å². The lowest BCUT2D eigenvalue weighted by molar-refractivity contribution is -0.194. The van der Waals surface area contributed by atoms with Crippen molar-refractivity contribution in [3.63, 3.8) is 0 Å². The van der Waals surface area contributed by atoms with Gasteiger partial charge in [-0.05, 0) is 31.1 Å². The highest BCUT2D eigenvalue weighted by atomic mass is 16.4. The molecule has 1 saturated carbocycles. The lowest BCUT2D eigenvalue weighted by atomic mass is 9.53. The van der Waals surface area contributed by atoms with Gasteiger partial charge in [0, 0.05) is 29.0 Å². The van der Waals surface area contributed by atoms with Gasteiger partial charge in [0.2, 0.25) is 5.91 Å². The number of amides is 1. The van der Waals surface area contributed by atoms with Crippen molar-refractivity contribution in [1.82, 2.24) is 4.90 Å². The van der Waals surface area contributed by atoms with Crippen LogP contribution in [0.15, 0.2) is 53.8 Å². The van der Waals surface area contributed by atoms with Gasteiger partial charge in [0.05, 0.1) is 17.8 Å². The van der Waals surface area contributed by atoms with E-state index in [0.717, 1.165) is 0 Å². The zero-order valence-corrected chi connectivity index (χ0v) is 21.1. The highest BCUT2D eigenvalue weighted by molar-refractivity contribution is 6.16. The standard InChI is InChI=1S/C28H30N2O8/c1-11-13-9-10-14(12-7-5-4-6-8-12)21(31)16(13)22(32)17-15(11)23(33)19-20(30(2)3)24(34)18(27(29)37)26(36)28(19,38)25(17)35/h4-11,15,18-20,23-24,31,33-35,38H,1-3H3,(H2,29,37)/t11-,15+,18?,19+,20-,23-,24?,28-/m0/s1. The highest BCUT2D eigenvalue weighted by Crippen LogP contribution is 2.56. The molecule has 3 aliphatic carbocycles. The molecule has 200 valence electrons. The molecule has 7 N–H and O–H groups in total. The first-order valence-corrected chi connectivity index (χ1v) is 12.3. The monoisotopic (exact) mass is 522 g/mol. The van der Waals surface area contributed by atoms with Gasteiger partial charge >= 0.3 is 0 Å². The number of nitrogens with zero attached hydrogens (tertiary/aromatic N) is 1. The van der Waals surface area contributed by atoms with Gasteiger partial charge in [-0.15, -0.1) is 0 Å². The molecule has 38 heavy (non-hydrogen) atoms. The molecule has 0 bridgehead atoms. The second-order valence-corrected chi connectivity index (χ2v) is 10.7. The molecule has 8 atom stereocenters. The van der Waals surface area contributed by atoms with E-state index in [1.807, 2.05) is 0 Å². The average molecular weight is 523 g/mol. The molecule has 10 nitrogen and oxygen atoms in total. The summed E-state index contributed by atoms with van der Waals surface area (Å²) in [6, 6.07) is 11.0. The molecule has 1 amide bonds. The number of phenolic OH excluding ortho intramolecular Hbond substituents is 1. The summed E-state index contributed by atoms with van der Waals surface area (Å²) in [5.41, 5.74) is 3.44. The third-order valence-corrected chi connectivity index (χ3v) is 8.58. The van der Waals surface area contributed by atoms with E-state index in [-0.39, 0.29) is 11.3 Å². The molecule has 0 saturated heterocycles. The van der Waals surface area contributed by atoms with Gasteiger partial charge in [0.1, 0.15) is 17.4 Å². The number of carbonyl (C=O) groups excluding carboxylic acids is 3. The van der Waals surface area contributed by atoms with Crippen molar-refractivity contribution < 1.29 is 39.9 Å². The number of fused-ring (bicyclic) bond motifs is 3. The normalized spacial score (nSPS) is 34.6. The highest BCUT2D eigenvalue weighted by Gasteiger charge is 2.69. The molecule has 1 fully saturated rings. The van der Waals surface area contributed by atoms with Crippen molar-refractivity contribution in [3.8, 4) is 16.9 Å². The van der Waals surface area contributed by atoms with Gasteiger partial charge in [0.15, 0.2) is 17.2 Å². The van der Waals surface area contributed by atoms with E-state index in [4.69, 9.17) is 5.73 Å². The number of benzene rings is 2. The Bertz CT molecular complexity index is 1390. The third-order valence-electron chi connectivity index (χ3n) is 8.58. The maximum absolute atomic E-state index is 13.9. The van der Waals surface area contributed by atoms with Crippen LogP contribution in [0.1, 0.15) is 28.8 Å². The molecule has 5 rings (SSSR count). The van der Waals surface area contributed by atoms with Crippen molar-refractivity contribution in [2.75, 3.05) is 14.1 Å². The Morgan fingerprint density at radius 1 is 1.00 bits per heavy atom. The van der Waals surface area contributed by atoms with Crippen molar-refractivity contribution >= 4 is 17.5 Å². The largest absolute Gasteiger partial charge is 0.508 e. The summed E-state index contributed by atoms with van der Waals surface area (Å²) >= 11 is 0. The fraction of sp³-hybridized carbons (Fsp3) is 0.393. The topological polar surface area (TPSA) is 182 Å². The second kappa shape index (κ2) is 8.74. The Balaban J connectivity index is 1.76. The summed E-state index contributed by atoms with van der Waals surface area (Å²) in [4.78, 5) is 41.0. The van der Waals surface area contributed by atoms with Crippen molar-refractivity contribution in [2.24, 2.45) is 23.5 Å². The molecule has 0 radical (unpaired) electrons. The summed E-state index contributed by atoms with van der Waals surface area (Å²) in [7, 11) is 3.05. The lowest BCUT2D eigenvalue weighted by Crippen LogP contribution is -2.74. The van der Waals surface area contributed by atoms with E-state index in [1.165, 1.54) is 19.0 Å². The SMILES string of the molecule is C[C@H]1c2ccc(-c3ccccc3)c(O)c2C(=O)C2=C(O)[C@]3(O)C(=O)C(C(N)=O)C(O)[C@@H](N(C)C)[C@@H]3[C@@H](O)[C@@H]21. The fourth-order valence-corrected chi connectivity index (χ4v) is 6.83. The van der Waals surface area contributed by atoms with Crippen LogP contribution in [-0.4, -0.2) is 85.9 Å². The fourth-order valence-electron chi connectivity index (χ4n) is 6.83. The summed E-state index contributed by atoms with van der Waals surface area (Å²) in [6.45, 7) is 1.70. The molecule has 2 aromatic rings. The first kappa shape index (κ1) is 26.1. The number of aliphatic hydroxyl groups is 4. The van der Waals surface area contributed by atoms with Crippen molar-refractivity contribution in [1.29, 1.82) is 0 Å². The molecule has 2 aromatic carbocycles. The van der Waals surface area contributed by atoms with Crippen LogP contribution >= 0.6 is 0 Å². The van der Waals surface area contributed by atoms with Crippen LogP contribution in [0.5, 0.6) is 5.75 Å². The lowest BCUT2D eigenvalue weighted by Gasteiger charge is -2.56. The Morgan fingerprint density at radius 3 is 2.21 bits per heavy atom. The molecule has 0 aromatic heterocycles. The van der Waals surface area contributed by atoms with Crippen LogP contribution in [-0.2, 0) is 9.59 Å². The number of carbonyl (C=O) groups is 3. The average Bonchev–Trinajstić information content (AvgIpc) is 2.86. The van der Waals surface area contributed by atoms with Gasteiger partial charge < -0.3 is 36.2 Å². The van der Waals surface area contributed by atoms with Crippen molar-refractivity contribution in [3.05, 3.63) is 64.9 Å². The Labute approximate surface area is 218 Å². The van der Waals surface area contributed by atoms with Gasteiger partial charge in [0.25, 0.3) is 0 Å². The molecule has 3 aliphatic rings. The van der Waals surface area contributed by atoms with E-state index < -0.39 is 76.3 Å². The molecule has 0 heterocycles. The number of likely N-dealkylation sites (N-methyl/N-ethyl adjacent to an activating group) is 1. The number of rotatable bonds is 3. The quantitative estimate of drug-likeness (QED) is 0.312. The second-order valence-electron chi connectivity index (χ2n) is 10.7. The summed E-state index contributed by atoms with van der Waals surface area (Å²) in [5.74, 6) is -9.79. The maximum atomic E-state index is 13.9. The first-order valence-electron chi connectivity index (χ1n) is 12.3. The first-order chi connectivity index (χ1) is 17.8. The molecule has 10 heteroatoms. The maximum Gasteiger partial charge on any atom is 0.230 e. The van der Waals surface area contributed by atoms with Crippen LogP contribution in [0.2, 0.25) is 0 Å². The number of aliphatic hydroxyl groups excluding tert-OH is 3. The van der Waals surface area contributed by atoms with Gasteiger partial charge in [-0.3, -0.25) is 14.4 Å². The van der Waals surface area contributed by atoms with Crippen LogP contribution in [0, 0.1) is 17.8 Å². The van der Waals surface area contributed by atoms with Crippen LogP contribution in [0.4, 0.5) is 0 Å². The summed E-state index contributed by atoms with van der Waals surface area (Å²) in [6.07, 6.45) is -3.27. The molecule has 0 aliphatic heterocycles. The van der Waals surface area contributed by atoms with E-state index in [0.29, 0.717) is 16.7 Å². The minimum absolute atomic E-state index is 0.107.